The van der Waals surface area contributed by atoms with Gasteiger partial charge in [0.15, 0.2) is 16.3 Å². The third-order valence-electron chi connectivity index (χ3n) is 5.09. The van der Waals surface area contributed by atoms with Crippen molar-refractivity contribution in [3.63, 3.8) is 0 Å². The van der Waals surface area contributed by atoms with Gasteiger partial charge in [-0.2, -0.15) is 0 Å². The molecule has 1 aromatic carbocycles. The smallest absolute Gasteiger partial charge is 0.328 e. The molecular weight excluding hydrogens is 402 g/mol. The molecule has 0 radical (unpaired) electrons. The molecule has 0 saturated carbocycles. The molecule has 0 atom stereocenters. The van der Waals surface area contributed by atoms with Crippen molar-refractivity contribution in [1.29, 1.82) is 0 Å². The van der Waals surface area contributed by atoms with Crippen LogP contribution in [-0.2, 0) is 20.6 Å². The van der Waals surface area contributed by atoms with Gasteiger partial charge in [-0.25, -0.2) is 9.78 Å². The summed E-state index contributed by atoms with van der Waals surface area (Å²) >= 11 is 1.55. The van der Waals surface area contributed by atoms with Crippen LogP contribution in [0, 0.1) is 13.8 Å². The zero-order valence-corrected chi connectivity index (χ0v) is 18.2. The van der Waals surface area contributed by atoms with E-state index < -0.39 is 0 Å². The molecule has 0 unspecified atom stereocenters. The summed E-state index contributed by atoms with van der Waals surface area (Å²) in [4.78, 5) is 29.5. The van der Waals surface area contributed by atoms with E-state index in [-0.39, 0.29) is 11.2 Å². The first-order valence-electron chi connectivity index (χ1n) is 9.59. The predicted octanol–water partition coefficient (Wildman–Crippen LogP) is 1.81. The second-order valence-corrected chi connectivity index (χ2v) is 8.36. The number of aryl methyl sites for hydroxylation is 4. The van der Waals surface area contributed by atoms with E-state index in [1.807, 2.05) is 4.57 Å². The Kier molecular flexibility index (Phi) is 5.33. The topological polar surface area (TPSA) is 92.5 Å². The second-order valence-electron chi connectivity index (χ2n) is 7.30. The number of nitrogens with zero attached hydrogens (tertiary/aromatic N) is 7. The number of hydrogen-bond donors (Lipinski definition) is 0. The van der Waals surface area contributed by atoms with Gasteiger partial charge in [-0.3, -0.25) is 18.5 Å². The number of thioether (sulfide) groups is 1. The van der Waals surface area contributed by atoms with Crippen molar-refractivity contribution in [2.24, 2.45) is 14.1 Å². The minimum absolute atomic E-state index is 0.309. The Hall–Kier alpha value is -3.14. The van der Waals surface area contributed by atoms with Crippen LogP contribution in [0.4, 0.5) is 0 Å². The highest BCUT2D eigenvalue weighted by atomic mass is 32.2. The molecule has 0 saturated heterocycles. The average molecular weight is 426 g/mol. The summed E-state index contributed by atoms with van der Waals surface area (Å²) in [5.74, 6) is 0.697. The van der Waals surface area contributed by atoms with Crippen molar-refractivity contribution < 1.29 is 0 Å². The molecule has 0 amide bonds. The number of aromatic nitrogens is 7. The molecule has 3 aromatic heterocycles. The summed E-state index contributed by atoms with van der Waals surface area (Å²) in [6, 6.07) is 6.25. The summed E-state index contributed by atoms with van der Waals surface area (Å²) < 4.78 is 6.31. The van der Waals surface area contributed by atoms with Crippen LogP contribution in [0.3, 0.4) is 0 Å². The van der Waals surface area contributed by atoms with Crippen LogP contribution in [0.1, 0.15) is 17.5 Å². The number of hydrogen-bond acceptors (Lipinski definition) is 6. The third kappa shape index (κ3) is 3.47. The normalized spacial score (nSPS) is 11.5. The van der Waals surface area contributed by atoms with Gasteiger partial charge in [0, 0.05) is 26.4 Å². The lowest BCUT2D eigenvalue weighted by molar-refractivity contribution is 0.594. The van der Waals surface area contributed by atoms with E-state index in [9.17, 15) is 9.59 Å². The Morgan fingerprint density at radius 1 is 1.10 bits per heavy atom. The fourth-order valence-electron chi connectivity index (χ4n) is 3.54. The van der Waals surface area contributed by atoms with Gasteiger partial charge >= 0.3 is 5.69 Å². The first kappa shape index (κ1) is 20.1. The van der Waals surface area contributed by atoms with Crippen molar-refractivity contribution in [3.8, 4) is 5.69 Å². The molecule has 4 aromatic rings. The summed E-state index contributed by atoms with van der Waals surface area (Å²) in [6.07, 6.45) is 3.89. The maximum atomic E-state index is 12.8. The number of fused-ring (bicyclic) bond motifs is 1. The fraction of sp³-hybridized carbons (Fsp3) is 0.350. The van der Waals surface area contributed by atoms with Gasteiger partial charge in [0.1, 0.15) is 6.33 Å². The van der Waals surface area contributed by atoms with E-state index >= 15 is 0 Å². The molecule has 4 rings (SSSR count). The number of rotatable bonds is 6. The lowest BCUT2D eigenvalue weighted by atomic mass is 10.1. The van der Waals surface area contributed by atoms with E-state index in [4.69, 9.17) is 0 Å². The van der Waals surface area contributed by atoms with Crippen LogP contribution >= 0.6 is 11.8 Å². The monoisotopic (exact) mass is 425 g/mol. The van der Waals surface area contributed by atoms with Crippen LogP contribution in [-0.4, -0.2) is 39.2 Å². The van der Waals surface area contributed by atoms with Crippen molar-refractivity contribution in [3.05, 3.63) is 62.8 Å². The number of benzene rings is 1. The SMILES string of the molecule is Cc1ccc(-n2cnnc2SCCCn2c(=O)c3c(ncn3C)n(C)c2=O)c(C)c1. The molecule has 3 heterocycles. The standard InChI is InChI=1S/C20H23N7O2S/c1-13-6-7-15(14(2)10-13)27-12-22-23-19(27)30-9-5-8-26-18(28)16-17(21-11-24(16)3)25(4)20(26)29/h6-7,10-12H,5,8-9H2,1-4H3. The highest BCUT2D eigenvalue weighted by Crippen LogP contribution is 2.23. The maximum Gasteiger partial charge on any atom is 0.332 e. The van der Waals surface area contributed by atoms with Crippen LogP contribution in [0.5, 0.6) is 0 Å². The molecule has 0 aliphatic carbocycles. The molecule has 30 heavy (non-hydrogen) atoms. The van der Waals surface area contributed by atoms with Crippen LogP contribution in [0.15, 0.2) is 45.6 Å². The Bertz CT molecular complexity index is 1350. The summed E-state index contributed by atoms with van der Waals surface area (Å²) in [5.41, 5.74) is 3.57. The van der Waals surface area contributed by atoms with Crippen LogP contribution < -0.4 is 11.2 Å². The molecule has 0 fully saturated rings. The van der Waals surface area contributed by atoms with Crippen molar-refractivity contribution in [2.75, 3.05) is 5.75 Å². The molecule has 0 aliphatic heterocycles. The zero-order valence-electron chi connectivity index (χ0n) is 17.4. The van der Waals surface area contributed by atoms with Gasteiger partial charge in [0.2, 0.25) is 0 Å². The minimum atomic E-state index is -0.352. The van der Waals surface area contributed by atoms with E-state index in [2.05, 4.69) is 47.2 Å². The van der Waals surface area contributed by atoms with Gasteiger partial charge in [0.05, 0.1) is 12.0 Å². The first-order valence-corrected chi connectivity index (χ1v) is 10.6. The molecule has 9 nitrogen and oxygen atoms in total. The summed E-state index contributed by atoms with van der Waals surface area (Å²) in [6.45, 7) is 4.46. The fourth-order valence-corrected chi connectivity index (χ4v) is 4.39. The van der Waals surface area contributed by atoms with Gasteiger partial charge in [0.25, 0.3) is 5.56 Å². The lowest BCUT2D eigenvalue weighted by Crippen LogP contribution is -2.39. The Balaban J connectivity index is 1.50. The van der Waals surface area contributed by atoms with E-state index in [0.717, 1.165) is 16.4 Å². The van der Waals surface area contributed by atoms with Crippen molar-refractivity contribution in [2.45, 2.75) is 32.0 Å². The van der Waals surface area contributed by atoms with Gasteiger partial charge < -0.3 is 4.57 Å². The molecule has 0 aliphatic rings. The quantitative estimate of drug-likeness (QED) is 0.346. The molecule has 0 N–H and O–H groups in total. The first-order chi connectivity index (χ1) is 14.4. The third-order valence-corrected chi connectivity index (χ3v) is 6.12. The zero-order chi connectivity index (χ0) is 21.4. The minimum Gasteiger partial charge on any atom is -0.328 e. The average Bonchev–Trinajstić information content (AvgIpc) is 3.32. The Morgan fingerprint density at radius 2 is 1.90 bits per heavy atom. The van der Waals surface area contributed by atoms with Crippen molar-refractivity contribution >= 4 is 22.9 Å². The second kappa shape index (κ2) is 7.94. The van der Waals surface area contributed by atoms with Crippen molar-refractivity contribution in [1.82, 2.24) is 33.4 Å². The molecule has 0 spiro atoms. The Morgan fingerprint density at radius 3 is 2.67 bits per heavy atom. The Labute approximate surface area is 177 Å². The summed E-state index contributed by atoms with van der Waals surface area (Å²) in [7, 11) is 3.38. The largest absolute Gasteiger partial charge is 0.332 e. The van der Waals surface area contributed by atoms with Gasteiger partial charge in [-0.05, 0) is 31.9 Å². The maximum absolute atomic E-state index is 12.8. The molecule has 10 heteroatoms. The molecule has 0 bridgehead atoms. The molecule has 156 valence electrons. The predicted molar refractivity (Wildman–Crippen MR) is 116 cm³/mol. The van der Waals surface area contributed by atoms with E-state index in [1.54, 1.807) is 43.1 Å². The van der Waals surface area contributed by atoms with Crippen LogP contribution in [0.25, 0.3) is 16.9 Å². The van der Waals surface area contributed by atoms with Gasteiger partial charge in [-0.1, -0.05) is 29.5 Å². The van der Waals surface area contributed by atoms with Gasteiger partial charge in [-0.15, -0.1) is 10.2 Å². The lowest BCUT2D eigenvalue weighted by Gasteiger charge is -2.11. The van der Waals surface area contributed by atoms with Crippen LogP contribution in [0.2, 0.25) is 0 Å². The summed E-state index contributed by atoms with van der Waals surface area (Å²) in [5, 5.41) is 9.06. The highest BCUT2D eigenvalue weighted by Gasteiger charge is 2.15. The number of imidazole rings is 1. The highest BCUT2D eigenvalue weighted by molar-refractivity contribution is 7.99. The van der Waals surface area contributed by atoms with E-state index in [1.165, 1.54) is 14.7 Å². The molecular formula is C20H23N7O2S. The van der Waals surface area contributed by atoms with E-state index in [0.29, 0.717) is 29.9 Å².